The van der Waals surface area contributed by atoms with Crippen molar-refractivity contribution in [1.29, 1.82) is 0 Å². The van der Waals surface area contributed by atoms with Crippen LogP contribution in [0.3, 0.4) is 0 Å². The molecular formula is C12H21NO. The number of benzene rings is 1. The molecule has 0 amide bonds. The van der Waals surface area contributed by atoms with Crippen LogP contribution in [-0.2, 0) is 6.54 Å². The van der Waals surface area contributed by atoms with E-state index in [1.807, 2.05) is 13.0 Å². The van der Waals surface area contributed by atoms with Crippen LogP contribution in [0.15, 0.2) is 30.3 Å². The maximum absolute atomic E-state index is 7.88. The van der Waals surface area contributed by atoms with E-state index in [9.17, 15) is 0 Å². The SMILES string of the molecule is CCCO.CN(C)Cc1ccccc1. The summed E-state index contributed by atoms with van der Waals surface area (Å²) >= 11 is 0. The molecule has 2 nitrogen and oxygen atoms in total. The van der Waals surface area contributed by atoms with E-state index in [0.29, 0.717) is 6.61 Å². The third-order valence-electron chi connectivity index (χ3n) is 1.57. The minimum atomic E-state index is 0.319. The summed E-state index contributed by atoms with van der Waals surface area (Å²) in [6.07, 6.45) is 0.875. The van der Waals surface area contributed by atoms with Crippen LogP contribution in [0.2, 0.25) is 0 Å². The molecule has 1 N–H and O–H groups in total. The summed E-state index contributed by atoms with van der Waals surface area (Å²) in [4.78, 5) is 2.16. The van der Waals surface area contributed by atoms with Crippen molar-refractivity contribution >= 4 is 0 Å². The standard InChI is InChI=1S/C9H13N.C3H8O/c1-10(2)8-9-6-4-3-5-7-9;1-2-3-4/h3-7H,8H2,1-2H3;4H,2-3H2,1H3. The van der Waals surface area contributed by atoms with Crippen molar-refractivity contribution in [1.82, 2.24) is 4.90 Å². The average Bonchev–Trinajstić information content (AvgIpc) is 2.19. The fraction of sp³-hybridized carbons (Fsp3) is 0.500. The third-order valence-corrected chi connectivity index (χ3v) is 1.57. The Balaban J connectivity index is 0.000000364. The number of rotatable bonds is 3. The largest absolute Gasteiger partial charge is 0.396 e. The van der Waals surface area contributed by atoms with Crippen molar-refractivity contribution < 1.29 is 5.11 Å². The maximum atomic E-state index is 7.88. The highest BCUT2D eigenvalue weighted by Crippen LogP contribution is 1.99. The lowest BCUT2D eigenvalue weighted by molar-refractivity contribution is 0.295. The fourth-order valence-corrected chi connectivity index (χ4v) is 0.949. The first-order valence-corrected chi connectivity index (χ1v) is 5.00. The highest BCUT2D eigenvalue weighted by molar-refractivity contribution is 5.14. The van der Waals surface area contributed by atoms with Gasteiger partial charge in [0.2, 0.25) is 0 Å². The summed E-state index contributed by atoms with van der Waals surface area (Å²) < 4.78 is 0. The summed E-state index contributed by atoms with van der Waals surface area (Å²) in [6.45, 7) is 3.28. The molecule has 14 heavy (non-hydrogen) atoms. The summed E-state index contributed by atoms with van der Waals surface area (Å²) in [5.74, 6) is 0. The van der Waals surface area contributed by atoms with E-state index in [1.165, 1.54) is 5.56 Å². The molecule has 0 heterocycles. The zero-order valence-corrected chi connectivity index (χ0v) is 9.40. The Bertz CT molecular complexity index is 207. The van der Waals surface area contributed by atoms with Gasteiger partial charge in [-0.3, -0.25) is 0 Å². The number of aliphatic hydroxyl groups is 1. The molecule has 1 aromatic carbocycles. The Kier molecular flexibility index (Phi) is 8.19. The molecule has 0 unspecified atom stereocenters. The second-order valence-corrected chi connectivity index (χ2v) is 3.45. The smallest absolute Gasteiger partial charge is 0.0428 e. The molecule has 0 bridgehead atoms. The van der Waals surface area contributed by atoms with Gasteiger partial charge in [0.05, 0.1) is 0 Å². The molecule has 2 heteroatoms. The van der Waals surface area contributed by atoms with Gasteiger partial charge in [-0.05, 0) is 26.1 Å². The van der Waals surface area contributed by atoms with Crippen LogP contribution in [0.25, 0.3) is 0 Å². The highest BCUT2D eigenvalue weighted by atomic mass is 16.2. The average molecular weight is 195 g/mol. The molecule has 0 aliphatic carbocycles. The van der Waals surface area contributed by atoms with Crippen molar-refractivity contribution in [2.75, 3.05) is 20.7 Å². The number of nitrogens with zero attached hydrogens (tertiary/aromatic N) is 1. The first kappa shape index (κ1) is 13.1. The summed E-state index contributed by atoms with van der Waals surface area (Å²) in [5, 5.41) is 7.88. The molecule has 0 aliphatic rings. The molecule has 0 aromatic heterocycles. The second-order valence-electron chi connectivity index (χ2n) is 3.45. The Morgan fingerprint density at radius 1 is 1.14 bits per heavy atom. The Hall–Kier alpha value is -0.860. The van der Waals surface area contributed by atoms with Crippen LogP contribution in [0, 0.1) is 0 Å². The van der Waals surface area contributed by atoms with E-state index in [2.05, 4.69) is 43.3 Å². The zero-order chi connectivity index (χ0) is 10.8. The van der Waals surface area contributed by atoms with Crippen LogP contribution >= 0.6 is 0 Å². The van der Waals surface area contributed by atoms with Gasteiger partial charge in [0.1, 0.15) is 0 Å². The lowest BCUT2D eigenvalue weighted by Crippen LogP contribution is -2.10. The molecular weight excluding hydrogens is 174 g/mol. The molecule has 0 saturated carbocycles. The lowest BCUT2D eigenvalue weighted by Gasteiger charge is -2.08. The molecule has 0 fully saturated rings. The number of aliphatic hydroxyl groups excluding tert-OH is 1. The van der Waals surface area contributed by atoms with Crippen molar-refractivity contribution in [3.63, 3.8) is 0 Å². The molecule has 0 atom stereocenters. The predicted octanol–water partition coefficient (Wildman–Crippen LogP) is 2.14. The van der Waals surface area contributed by atoms with Crippen LogP contribution in [0.1, 0.15) is 18.9 Å². The van der Waals surface area contributed by atoms with Gasteiger partial charge in [-0.2, -0.15) is 0 Å². The lowest BCUT2D eigenvalue weighted by atomic mass is 10.2. The second kappa shape index (κ2) is 8.73. The van der Waals surface area contributed by atoms with Gasteiger partial charge >= 0.3 is 0 Å². The molecule has 0 aliphatic heterocycles. The predicted molar refractivity (Wildman–Crippen MR) is 61.2 cm³/mol. The molecule has 0 saturated heterocycles. The molecule has 1 aromatic rings. The molecule has 1 rings (SSSR count). The van der Waals surface area contributed by atoms with Crippen LogP contribution < -0.4 is 0 Å². The van der Waals surface area contributed by atoms with Gasteiger partial charge in [0.15, 0.2) is 0 Å². The van der Waals surface area contributed by atoms with Gasteiger partial charge in [-0.25, -0.2) is 0 Å². The summed E-state index contributed by atoms with van der Waals surface area (Å²) in [5.41, 5.74) is 1.37. The van der Waals surface area contributed by atoms with Crippen molar-refractivity contribution in [2.45, 2.75) is 19.9 Å². The van der Waals surface area contributed by atoms with Gasteiger partial charge < -0.3 is 10.0 Å². The minimum Gasteiger partial charge on any atom is -0.396 e. The highest BCUT2D eigenvalue weighted by Gasteiger charge is 1.90. The number of hydrogen-bond donors (Lipinski definition) is 1. The Morgan fingerprint density at radius 2 is 1.64 bits per heavy atom. The minimum absolute atomic E-state index is 0.319. The molecule has 0 radical (unpaired) electrons. The van der Waals surface area contributed by atoms with Crippen LogP contribution in [0.5, 0.6) is 0 Å². The molecule has 0 spiro atoms. The molecule has 80 valence electrons. The first-order valence-electron chi connectivity index (χ1n) is 5.00. The van der Waals surface area contributed by atoms with E-state index < -0.39 is 0 Å². The van der Waals surface area contributed by atoms with E-state index >= 15 is 0 Å². The Morgan fingerprint density at radius 3 is 2.00 bits per heavy atom. The topological polar surface area (TPSA) is 23.5 Å². The zero-order valence-electron chi connectivity index (χ0n) is 9.40. The van der Waals surface area contributed by atoms with Crippen molar-refractivity contribution in [3.8, 4) is 0 Å². The van der Waals surface area contributed by atoms with Gasteiger partial charge in [0, 0.05) is 13.2 Å². The summed E-state index contributed by atoms with van der Waals surface area (Å²) in [6, 6.07) is 10.5. The fourth-order valence-electron chi connectivity index (χ4n) is 0.949. The van der Waals surface area contributed by atoms with Gasteiger partial charge in [-0.15, -0.1) is 0 Å². The van der Waals surface area contributed by atoms with E-state index in [4.69, 9.17) is 5.11 Å². The normalized spacial score (nSPS) is 9.50. The van der Waals surface area contributed by atoms with Crippen molar-refractivity contribution in [3.05, 3.63) is 35.9 Å². The van der Waals surface area contributed by atoms with Crippen molar-refractivity contribution in [2.24, 2.45) is 0 Å². The monoisotopic (exact) mass is 195 g/mol. The van der Waals surface area contributed by atoms with Crippen LogP contribution in [0.4, 0.5) is 0 Å². The Labute approximate surface area is 87.2 Å². The third kappa shape index (κ3) is 7.77. The van der Waals surface area contributed by atoms with E-state index in [1.54, 1.807) is 0 Å². The first-order chi connectivity index (χ1) is 6.70. The quantitative estimate of drug-likeness (QED) is 0.798. The van der Waals surface area contributed by atoms with Crippen LogP contribution in [-0.4, -0.2) is 30.7 Å². The summed E-state index contributed by atoms with van der Waals surface area (Å²) in [7, 11) is 4.15. The maximum Gasteiger partial charge on any atom is 0.0428 e. The van der Waals surface area contributed by atoms with E-state index in [-0.39, 0.29) is 0 Å². The van der Waals surface area contributed by atoms with Gasteiger partial charge in [0.25, 0.3) is 0 Å². The van der Waals surface area contributed by atoms with Gasteiger partial charge in [-0.1, -0.05) is 37.3 Å². The number of hydrogen-bond acceptors (Lipinski definition) is 2. The van der Waals surface area contributed by atoms with E-state index in [0.717, 1.165) is 13.0 Å².